The highest BCUT2D eigenvalue weighted by molar-refractivity contribution is 7.99. The normalized spacial score (nSPS) is 28.4. The van der Waals surface area contributed by atoms with Gasteiger partial charge in [0.05, 0.1) is 0 Å². The second kappa shape index (κ2) is 5.89. The Morgan fingerprint density at radius 1 is 1.54 bits per heavy atom. The average Bonchev–Trinajstić information content (AvgIpc) is 2.31. The zero-order valence-electron chi connectivity index (χ0n) is 9.05. The van der Waals surface area contributed by atoms with Crippen molar-refractivity contribution < 1.29 is 0 Å². The summed E-state index contributed by atoms with van der Waals surface area (Å²) in [6, 6.07) is 0.624. The fourth-order valence-electron chi connectivity index (χ4n) is 1.60. The minimum absolute atomic E-state index is 0.624. The van der Waals surface area contributed by atoms with Gasteiger partial charge < -0.3 is 10.2 Å². The lowest BCUT2D eigenvalue weighted by Gasteiger charge is -2.23. The summed E-state index contributed by atoms with van der Waals surface area (Å²) in [5, 5.41) is 4.15. The second-order valence-electron chi connectivity index (χ2n) is 3.96. The minimum Gasteiger partial charge on any atom is -0.316 e. The monoisotopic (exact) mass is 202 g/mol. The highest BCUT2D eigenvalue weighted by atomic mass is 32.2. The third-order valence-electron chi connectivity index (χ3n) is 2.69. The first-order chi connectivity index (χ1) is 6.22. The Morgan fingerprint density at radius 2 is 2.31 bits per heavy atom. The number of hydrogen-bond donors (Lipinski definition) is 1. The average molecular weight is 202 g/mol. The van der Waals surface area contributed by atoms with E-state index in [0.717, 1.165) is 5.25 Å². The highest BCUT2D eigenvalue weighted by Crippen LogP contribution is 2.18. The molecule has 0 aromatic heterocycles. The Labute approximate surface area is 86.5 Å². The predicted molar refractivity (Wildman–Crippen MR) is 61.5 cm³/mol. The fourth-order valence-corrected chi connectivity index (χ4v) is 2.64. The van der Waals surface area contributed by atoms with Gasteiger partial charge in [0.1, 0.15) is 0 Å². The highest BCUT2D eigenvalue weighted by Gasteiger charge is 2.14. The maximum absolute atomic E-state index is 3.30. The van der Waals surface area contributed by atoms with Gasteiger partial charge in [-0.25, -0.2) is 0 Å². The molecule has 1 saturated heterocycles. The van der Waals surface area contributed by atoms with Crippen molar-refractivity contribution in [1.82, 2.24) is 10.2 Å². The molecule has 1 aliphatic rings. The molecule has 1 rings (SSSR count). The molecule has 0 radical (unpaired) electrons. The number of hydrogen-bond acceptors (Lipinski definition) is 3. The van der Waals surface area contributed by atoms with Crippen LogP contribution in [0.5, 0.6) is 0 Å². The summed E-state index contributed by atoms with van der Waals surface area (Å²) in [6.45, 7) is 8.34. The van der Waals surface area contributed by atoms with Crippen molar-refractivity contribution in [3.63, 3.8) is 0 Å². The number of thioether (sulfide) groups is 1. The minimum atomic E-state index is 0.624. The maximum Gasteiger partial charge on any atom is 0.0163 e. The van der Waals surface area contributed by atoms with Crippen molar-refractivity contribution in [3.05, 3.63) is 0 Å². The molecule has 1 unspecified atom stereocenters. The van der Waals surface area contributed by atoms with Gasteiger partial charge in [-0.2, -0.15) is 11.8 Å². The van der Waals surface area contributed by atoms with Crippen LogP contribution in [0.2, 0.25) is 0 Å². The van der Waals surface area contributed by atoms with Gasteiger partial charge in [-0.3, -0.25) is 0 Å². The van der Waals surface area contributed by atoms with Crippen LogP contribution in [0.25, 0.3) is 0 Å². The smallest absolute Gasteiger partial charge is 0.0163 e. The van der Waals surface area contributed by atoms with Gasteiger partial charge in [0.25, 0.3) is 0 Å². The molecular weight excluding hydrogens is 180 g/mol. The Morgan fingerprint density at radius 3 is 3.00 bits per heavy atom. The van der Waals surface area contributed by atoms with Crippen LogP contribution >= 0.6 is 11.8 Å². The topological polar surface area (TPSA) is 15.3 Å². The third-order valence-corrected chi connectivity index (χ3v) is 3.91. The van der Waals surface area contributed by atoms with Gasteiger partial charge in [-0.1, -0.05) is 6.92 Å². The molecule has 1 N–H and O–H groups in total. The van der Waals surface area contributed by atoms with Gasteiger partial charge in [0, 0.05) is 30.1 Å². The Bertz CT molecular complexity index is 141. The van der Waals surface area contributed by atoms with E-state index in [2.05, 4.69) is 35.8 Å². The molecular formula is C10H22N2S. The van der Waals surface area contributed by atoms with E-state index in [-0.39, 0.29) is 0 Å². The van der Waals surface area contributed by atoms with E-state index < -0.39 is 0 Å². The van der Waals surface area contributed by atoms with Gasteiger partial charge >= 0.3 is 0 Å². The van der Waals surface area contributed by atoms with E-state index in [4.69, 9.17) is 0 Å². The molecule has 3 heteroatoms. The standard InChI is InChI=1S/C10H22N2S/c1-9(11-3)8-12-5-4-10(2)13-7-6-12/h9-11H,4-8H2,1-3H3/t9-,10?/m0/s1. The lowest BCUT2D eigenvalue weighted by molar-refractivity contribution is 0.266. The summed E-state index contributed by atoms with van der Waals surface area (Å²) in [6.07, 6.45) is 1.35. The summed E-state index contributed by atoms with van der Waals surface area (Å²) in [5.41, 5.74) is 0. The Kier molecular flexibility index (Phi) is 5.14. The molecule has 0 aromatic rings. The van der Waals surface area contributed by atoms with Crippen LogP contribution in [0, 0.1) is 0 Å². The lowest BCUT2D eigenvalue weighted by atomic mass is 10.2. The molecule has 1 aliphatic heterocycles. The van der Waals surface area contributed by atoms with Crippen LogP contribution in [0.3, 0.4) is 0 Å². The first-order valence-corrected chi connectivity index (χ1v) is 6.28. The second-order valence-corrected chi connectivity index (χ2v) is 5.51. The van der Waals surface area contributed by atoms with Crippen LogP contribution in [0.4, 0.5) is 0 Å². The first kappa shape index (κ1) is 11.3. The summed E-state index contributed by atoms with van der Waals surface area (Å²) in [7, 11) is 2.04. The van der Waals surface area contributed by atoms with Crippen LogP contribution < -0.4 is 5.32 Å². The number of rotatable bonds is 3. The van der Waals surface area contributed by atoms with Crippen molar-refractivity contribution in [2.75, 3.05) is 32.4 Å². The first-order valence-electron chi connectivity index (χ1n) is 5.23. The van der Waals surface area contributed by atoms with Gasteiger partial charge in [-0.15, -0.1) is 0 Å². The molecule has 1 heterocycles. The molecule has 0 saturated carbocycles. The molecule has 78 valence electrons. The van der Waals surface area contributed by atoms with Gasteiger partial charge in [-0.05, 0) is 26.9 Å². The predicted octanol–water partition coefficient (Wildman–Crippen LogP) is 1.42. The zero-order chi connectivity index (χ0) is 9.68. The van der Waals surface area contributed by atoms with Gasteiger partial charge in [0.15, 0.2) is 0 Å². The molecule has 0 spiro atoms. The lowest BCUT2D eigenvalue weighted by Crippen LogP contribution is -2.38. The molecule has 2 nitrogen and oxygen atoms in total. The molecule has 13 heavy (non-hydrogen) atoms. The van der Waals surface area contributed by atoms with Gasteiger partial charge in [0.2, 0.25) is 0 Å². The molecule has 0 bridgehead atoms. The van der Waals surface area contributed by atoms with Crippen molar-refractivity contribution >= 4 is 11.8 Å². The van der Waals surface area contributed by atoms with E-state index in [9.17, 15) is 0 Å². The van der Waals surface area contributed by atoms with Crippen LogP contribution in [0.1, 0.15) is 20.3 Å². The molecule has 0 amide bonds. The zero-order valence-corrected chi connectivity index (χ0v) is 9.86. The van der Waals surface area contributed by atoms with E-state index in [1.54, 1.807) is 0 Å². The third kappa shape index (κ3) is 4.34. The van der Waals surface area contributed by atoms with E-state index in [1.807, 2.05) is 7.05 Å². The molecule has 1 fully saturated rings. The summed E-state index contributed by atoms with van der Waals surface area (Å²) < 4.78 is 0. The summed E-state index contributed by atoms with van der Waals surface area (Å²) >= 11 is 2.12. The van der Waals surface area contributed by atoms with E-state index >= 15 is 0 Å². The summed E-state index contributed by atoms with van der Waals surface area (Å²) in [5.74, 6) is 1.30. The Hall–Kier alpha value is 0.270. The van der Waals surface area contributed by atoms with Crippen molar-refractivity contribution in [2.24, 2.45) is 0 Å². The molecule has 0 aromatic carbocycles. The van der Waals surface area contributed by atoms with Crippen LogP contribution in [-0.4, -0.2) is 48.6 Å². The number of nitrogens with one attached hydrogen (secondary N) is 1. The Balaban J connectivity index is 2.25. The van der Waals surface area contributed by atoms with E-state index in [0.29, 0.717) is 6.04 Å². The largest absolute Gasteiger partial charge is 0.316 e. The molecule has 2 atom stereocenters. The summed E-state index contributed by atoms with van der Waals surface area (Å²) in [4.78, 5) is 2.58. The quantitative estimate of drug-likeness (QED) is 0.745. The fraction of sp³-hybridized carbons (Fsp3) is 1.00. The molecule has 0 aliphatic carbocycles. The van der Waals surface area contributed by atoms with Crippen molar-refractivity contribution in [2.45, 2.75) is 31.6 Å². The van der Waals surface area contributed by atoms with Crippen LogP contribution in [-0.2, 0) is 0 Å². The van der Waals surface area contributed by atoms with E-state index in [1.165, 1.54) is 31.8 Å². The number of likely N-dealkylation sites (N-methyl/N-ethyl adjacent to an activating group) is 1. The SMILES string of the molecule is CN[C@@H](C)CN1CCSC(C)CC1. The number of nitrogens with zero attached hydrogens (tertiary/aromatic N) is 1. The maximum atomic E-state index is 3.30. The van der Waals surface area contributed by atoms with Crippen molar-refractivity contribution in [3.8, 4) is 0 Å². The van der Waals surface area contributed by atoms with Crippen LogP contribution in [0.15, 0.2) is 0 Å². The van der Waals surface area contributed by atoms with Crippen molar-refractivity contribution in [1.29, 1.82) is 0 Å².